The maximum Gasteiger partial charge on any atom is 0.400 e. The van der Waals surface area contributed by atoms with Crippen molar-refractivity contribution in [1.82, 2.24) is 0 Å². The quantitative estimate of drug-likeness (QED) is 0.351. The summed E-state index contributed by atoms with van der Waals surface area (Å²) in [5.74, 6) is 0. The lowest BCUT2D eigenvalue weighted by Crippen LogP contribution is -2.04. The van der Waals surface area contributed by atoms with Crippen LogP contribution >= 0.6 is 7.60 Å². The third-order valence-electron chi connectivity index (χ3n) is 0.845. The van der Waals surface area contributed by atoms with E-state index in [1.165, 1.54) is 0 Å². The van der Waals surface area contributed by atoms with E-state index in [0.29, 0.717) is 0 Å². The van der Waals surface area contributed by atoms with Crippen molar-refractivity contribution in [3.63, 3.8) is 0 Å². The van der Waals surface area contributed by atoms with Gasteiger partial charge < -0.3 is 9.05 Å². The van der Waals surface area contributed by atoms with E-state index in [9.17, 15) is 14.7 Å². The molecule has 0 rings (SSSR count). The lowest BCUT2D eigenvalue weighted by molar-refractivity contribution is -0.461. The molecule has 0 spiro atoms. The first-order valence-corrected chi connectivity index (χ1v) is 4.09. The maximum absolute atomic E-state index is 10.9. The fourth-order valence-corrected chi connectivity index (χ4v) is 0.994. The van der Waals surface area contributed by atoms with Gasteiger partial charge in [0.25, 0.3) is 0 Å². The number of nitro groups is 1. The summed E-state index contributed by atoms with van der Waals surface area (Å²) >= 11 is 0. The zero-order valence-corrected chi connectivity index (χ0v) is 6.54. The Balaban J connectivity index is 4.07. The minimum Gasteiger partial charge on any atom is -0.307 e. The number of nitrogens with zero attached hydrogens (tertiary/aromatic N) is 1. The molecule has 0 unspecified atom stereocenters. The van der Waals surface area contributed by atoms with Crippen molar-refractivity contribution >= 4 is 7.60 Å². The SMILES string of the molecule is COP(=O)(C[N+](=O)[O-])OC. The first-order valence-electron chi connectivity index (χ1n) is 2.36. The third-order valence-corrected chi connectivity index (χ3v) is 2.54. The van der Waals surface area contributed by atoms with Gasteiger partial charge in [-0.25, -0.2) is 0 Å². The van der Waals surface area contributed by atoms with E-state index in [0.717, 1.165) is 14.2 Å². The van der Waals surface area contributed by atoms with Gasteiger partial charge in [0, 0.05) is 19.1 Å². The fourth-order valence-electron chi connectivity index (χ4n) is 0.331. The maximum atomic E-state index is 10.9. The third kappa shape index (κ3) is 2.91. The van der Waals surface area contributed by atoms with Crippen molar-refractivity contribution in [2.75, 3.05) is 20.5 Å². The smallest absolute Gasteiger partial charge is 0.307 e. The van der Waals surface area contributed by atoms with Gasteiger partial charge >= 0.3 is 13.9 Å². The predicted octanol–water partition coefficient (Wildman–Crippen LogP) is 0.706. The molecule has 0 heterocycles. The molecule has 0 fully saturated rings. The highest BCUT2D eigenvalue weighted by atomic mass is 31.2. The summed E-state index contributed by atoms with van der Waals surface area (Å²) in [6.45, 7) is 0. The molecule has 0 saturated heterocycles. The van der Waals surface area contributed by atoms with Crippen molar-refractivity contribution < 1.29 is 18.5 Å². The van der Waals surface area contributed by atoms with Crippen LogP contribution in [0.3, 0.4) is 0 Å². The molecule has 0 bridgehead atoms. The molecule has 0 aromatic heterocycles. The number of rotatable bonds is 4. The second-order valence-electron chi connectivity index (χ2n) is 1.45. The van der Waals surface area contributed by atoms with Crippen LogP contribution in [0.25, 0.3) is 0 Å². The minimum absolute atomic E-state index is 0.742. The molecule has 60 valence electrons. The lowest BCUT2D eigenvalue weighted by atomic mass is 11.5. The van der Waals surface area contributed by atoms with Gasteiger partial charge in [-0.05, 0) is 0 Å². The van der Waals surface area contributed by atoms with Crippen LogP contribution in [0.15, 0.2) is 0 Å². The normalized spacial score (nSPS) is 11.4. The molecule has 0 aromatic carbocycles. The van der Waals surface area contributed by atoms with Gasteiger partial charge in [-0.2, -0.15) is 0 Å². The summed E-state index contributed by atoms with van der Waals surface area (Å²) in [6.07, 6.45) is -0.792. The highest BCUT2D eigenvalue weighted by Crippen LogP contribution is 2.45. The van der Waals surface area contributed by atoms with Crippen LogP contribution in [0.4, 0.5) is 0 Å². The van der Waals surface area contributed by atoms with Gasteiger partial charge in [-0.15, -0.1) is 0 Å². The predicted molar refractivity (Wildman–Crippen MR) is 33.5 cm³/mol. The molecule has 0 aromatic rings. The standard InChI is InChI=1S/C3H8NO5P/c1-8-10(7,9-2)3-4(5)6/h3H2,1-2H3. The molecule has 0 atom stereocenters. The largest absolute Gasteiger partial charge is 0.400 e. The van der Waals surface area contributed by atoms with Gasteiger partial charge in [-0.3, -0.25) is 14.7 Å². The van der Waals surface area contributed by atoms with E-state index in [1.54, 1.807) is 0 Å². The Morgan fingerprint density at radius 3 is 2.00 bits per heavy atom. The van der Waals surface area contributed by atoms with Crippen LogP contribution in [0.5, 0.6) is 0 Å². The van der Waals surface area contributed by atoms with Crippen LogP contribution in [0.1, 0.15) is 0 Å². The topological polar surface area (TPSA) is 78.7 Å². The van der Waals surface area contributed by atoms with Gasteiger partial charge in [0.2, 0.25) is 0 Å². The molecular formula is C3H8NO5P. The van der Waals surface area contributed by atoms with Crippen LogP contribution in [-0.4, -0.2) is 25.4 Å². The van der Waals surface area contributed by atoms with Gasteiger partial charge in [-0.1, -0.05) is 0 Å². The van der Waals surface area contributed by atoms with E-state index in [-0.39, 0.29) is 0 Å². The average Bonchev–Trinajstić information content (AvgIpc) is 1.87. The summed E-state index contributed by atoms with van der Waals surface area (Å²) in [5, 5.41) is 9.81. The van der Waals surface area contributed by atoms with Crippen molar-refractivity contribution in [1.29, 1.82) is 0 Å². The van der Waals surface area contributed by atoms with Gasteiger partial charge in [0.1, 0.15) is 0 Å². The first kappa shape index (κ1) is 9.55. The summed E-state index contributed by atoms with van der Waals surface area (Å²) < 4.78 is 19.5. The Labute approximate surface area is 57.8 Å². The molecule has 0 amide bonds. The summed E-state index contributed by atoms with van der Waals surface area (Å²) in [6, 6.07) is 0. The Hall–Kier alpha value is -0.450. The molecular weight excluding hydrogens is 161 g/mol. The highest BCUT2D eigenvalue weighted by molar-refractivity contribution is 7.53. The van der Waals surface area contributed by atoms with Crippen molar-refractivity contribution in [3.8, 4) is 0 Å². The summed E-state index contributed by atoms with van der Waals surface area (Å²) in [7, 11) is -1.23. The Morgan fingerprint density at radius 1 is 1.50 bits per heavy atom. The molecule has 0 saturated carbocycles. The van der Waals surface area contributed by atoms with Crippen LogP contribution in [0, 0.1) is 10.1 Å². The fraction of sp³-hybridized carbons (Fsp3) is 1.00. The molecule has 0 aliphatic rings. The lowest BCUT2D eigenvalue weighted by Gasteiger charge is -2.06. The van der Waals surface area contributed by atoms with E-state index >= 15 is 0 Å². The van der Waals surface area contributed by atoms with Crippen molar-refractivity contribution in [2.24, 2.45) is 0 Å². The Kier molecular flexibility index (Phi) is 3.49. The number of hydrogen-bond acceptors (Lipinski definition) is 5. The second-order valence-corrected chi connectivity index (χ2v) is 3.69. The average molecular weight is 169 g/mol. The Bertz CT molecular complexity index is 160. The van der Waals surface area contributed by atoms with E-state index < -0.39 is 18.8 Å². The zero-order valence-electron chi connectivity index (χ0n) is 5.64. The van der Waals surface area contributed by atoms with Crippen LogP contribution in [-0.2, 0) is 13.6 Å². The van der Waals surface area contributed by atoms with E-state index in [1.807, 2.05) is 0 Å². The van der Waals surface area contributed by atoms with Gasteiger partial charge in [0.15, 0.2) is 0 Å². The molecule has 7 heteroatoms. The molecule has 0 aliphatic heterocycles. The van der Waals surface area contributed by atoms with E-state index in [4.69, 9.17) is 0 Å². The van der Waals surface area contributed by atoms with Crippen molar-refractivity contribution in [3.05, 3.63) is 10.1 Å². The zero-order chi connectivity index (χ0) is 8.20. The van der Waals surface area contributed by atoms with E-state index in [2.05, 4.69) is 9.05 Å². The molecule has 6 nitrogen and oxygen atoms in total. The Morgan fingerprint density at radius 2 is 1.90 bits per heavy atom. The highest BCUT2D eigenvalue weighted by Gasteiger charge is 2.28. The monoisotopic (exact) mass is 169 g/mol. The molecule has 0 radical (unpaired) electrons. The molecule has 0 N–H and O–H groups in total. The molecule has 0 aliphatic carbocycles. The van der Waals surface area contributed by atoms with Crippen LogP contribution in [0.2, 0.25) is 0 Å². The summed E-state index contributed by atoms with van der Waals surface area (Å²) in [5.41, 5.74) is 0. The second kappa shape index (κ2) is 3.65. The molecule has 10 heavy (non-hydrogen) atoms. The first-order chi connectivity index (χ1) is 4.54. The van der Waals surface area contributed by atoms with Crippen molar-refractivity contribution in [2.45, 2.75) is 0 Å². The van der Waals surface area contributed by atoms with Gasteiger partial charge in [0.05, 0.1) is 0 Å². The number of hydrogen-bond donors (Lipinski definition) is 0. The summed E-state index contributed by atoms with van der Waals surface area (Å²) in [4.78, 5) is 9.06. The minimum atomic E-state index is -3.44. The van der Waals surface area contributed by atoms with Crippen LogP contribution < -0.4 is 0 Å².